The second-order valence-electron chi connectivity index (χ2n) is 9.38. The summed E-state index contributed by atoms with van der Waals surface area (Å²) in [5, 5.41) is 24.2. The molecular formula is C31H32F3N3O8. The lowest BCUT2D eigenvalue weighted by Crippen LogP contribution is -2.39. The summed E-state index contributed by atoms with van der Waals surface area (Å²) < 4.78 is 36.8. The number of rotatable bonds is 13. The Labute approximate surface area is 256 Å². The highest BCUT2D eigenvalue weighted by atomic mass is 19.4. The van der Waals surface area contributed by atoms with E-state index in [9.17, 15) is 37.5 Å². The van der Waals surface area contributed by atoms with Gasteiger partial charge in [0.25, 0.3) is 0 Å². The summed E-state index contributed by atoms with van der Waals surface area (Å²) in [5.41, 5.74) is 3.52. The number of hydrogen-bond donors (Lipinski definition) is 5. The van der Waals surface area contributed by atoms with Gasteiger partial charge < -0.3 is 30.9 Å². The molecule has 3 aromatic carbocycles. The number of aliphatic carboxylic acids is 2. The van der Waals surface area contributed by atoms with Crippen LogP contribution >= 0.6 is 0 Å². The van der Waals surface area contributed by atoms with Gasteiger partial charge in [-0.2, -0.15) is 13.2 Å². The van der Waals surface area contributed by atoms with Gasteiger partial charge in [-0.25, -0.2) is 9.59 Å². The lowest BCUT2D eigenvalue weighted by Gasteiger charge is -2.18. The fraction of sp³-hybridized carbons (Fsp3) is 0.258. The van der Waals surface area contributed by atoms with Crippen LogP contribution in [0.1, 0.15) is 36.4 Å². The van der Waals surface area contributed by atoms with Crippen LogP contribution in [0, 0.1) is 0 Å². The molecule has 0 aliphatic heterocycles. The van der Waals surface area contributed by atoms with Crippen LogP contribution in [0.5, 0.6) is 0 Å². The first-order valence-electron chi connectivity index (χ1n) is 13.5. The van der Waals surface area contributed by atoms with Gasteiger partial charge in [0, 0.05) is 13.0 Å². The highest BCUT2D eigenvalue weighted by Gasteiger charge is 2.38. The number of carbonyl (C=O) groups is 5. The van der Waals surface area contributed by atoms with Crippen LogP contribution in [0.4, 0.5) is 18.0 Å². The number of carbonyl (C=O) groups excluding carboxylic acids is 3. The largest absolute Gasteiger partial charge is 0.490 e. The first kappa shape index (κ1) is 35.8. The quantitative estimate of drug-likeness (QED) is 0.172. The van der Waals surface area contributed by atoms with Crippen molar-refractivity contribution in [2.45, 2.75) is 38.1 Å². The Morgan fingerprint density at radius 2 is 1.31 bits per heavy atom. The topological polar surface area (TPSA) is 171 Å². The lowest BCUT2D eigenvalue weighted by molar-refractivity contribution is -0.192. The molecule has 45 heavy (non-hydrogen) atoms. The molecule has 1 unspecified atom stereocenters. The van der Waals surface area contributed by atoms with E-state index in [1.807, 2.05) is 72.8 Å². The molecule has 0 fully saturated rings. The molecule has 0 aliphatic carbocycles. The average molecular weight is 632 g/mol. The second-order valence-corrected chi connectivity index (χ2v) is 9.38. The minimum Gasteiger partial charge on any atom is -0.481 e. The van der Waals surface area contributed by atoms with Crippen molar-refractivity contribution in [2.75, 3.05) is 13.1 Å². The van der Waals surface area contributed by atoms with Crippen LogP contribution in [0.25, 0.3) is 11.1 Å². The molecule has 0 bridgehead atoms. The second kappa shape index (κ2) is 18.3. The van der Waals surface area contributed by atoms with E-state index in [0.717, 1.165) is 16.7 Å². The summed E-state index contributed by atoms with van der Waals surface area (Å²) in [6.07, 6.45) is -5.49. The Morgan fingerprint density at radius 1 is 0.756 bits per heavy atom. The molecule has 3 rings (SSSR count). The predicted molar refractivity (Wildman–Crippen MR) is 156 cm³/mol. The summed E-state index contributed by atoms with van der Waals surface area (Å²) in [7, 11) is 0. The zero-order valence-corrected chi connectivity index (χ0v) is 23.9. The van der Waals surface area contributed by atoms with E-state index in [-0.39, 0.29) is 38.4 Å². The molecule has 0 heterocycles. The van der Waals surface area contributed by atoms with Crippen molar-refractivity contribution >= 4 is 29.8 Å². The molecule has 14 heteroatoms. The summed E-state index contributed by atoms with van der Waals surface area (Å²) in [6, 6.07) is 25.6. The van der Waals surface area contributed by atoms with Crippen LogP contribution in [0.2, 0.25) is 0 Å². The van der Waals surface area contributed by atoms with Gasteiger partial charge in [0.05, 0.1) is 19.0 Å². The molecule has 0 saturated carbocycles. The maximum Gasteiger partial charge on any atom is 0.490 e. The Balaban J connectivity index is 0.000000900. The first-order valence-corrected chi connectivity index (χ1v) is 13.5. The smallest absolute Gasteiger partial charge is 0.481 e. The van der Waals surface area contributed by atoms with Crippen molar-refractivity contribution in [3.63, 3.8) is 0 Å². The van der Waals surface area contributed by atoms with E-state index in [0.29, 0.717) is 12.0 Å². The zero-order chi connectivity index (χ0) is 33.2. The van der Waals surface area contributed by atoms with Crippen LogP contribution in [0.15, 0.2) is 84.9 Å². The molecular weight excluding hydrogens is 599 g/mol. The van der Waals surface area contributed by atoms with Gasteiger partial charge in [-0.3, -0.25) is 14.4 Å². The maximum absolute atomic E-state index is 12.4. The fourth-order valence-corrected chi connectivity index (χ4v) is 3.69. The van der Waals surface area contributed by atoms with Crippen LogP contribution in [-0.2, 0) is 30.5 Å². The van der Waals surface area contributed by atoms with E-state index in [4.69, 9.17) is 14.6 Å². The lowest BCUT2D eigenvalue weighted by atomic mass is 9.99. The standard InChI is InChI=1S/C29H31N3O6.C2HF3O2/c33-26(12-7-17-30-29(37)38-20-21-8-3-1-4-9-21)31-19-27(34)32-25(18-28(35)36)24-15-13-23(14-16-24)22-10-5-2-6-11-22;3-2(4,5)1(6)7/h1-6,8-11,13-16,25H,7,12,17-20H2,(H,30,37)(H,31,33)(H,32,34)(H,35,36);(H,6,7). The van der Waals surface area contributed by atoms with Crippen LogP contribution in [0.3, 0.4) is 0 Å². The molecule has 1 atom stereocenters. The molecule has 0 aromatic heterocycles. The summed E-state index contributed by atoms with van der Waals surface area (Å²) in [6.45, 7) is 0.110. The number of carboxylic acid groups (broad SMARTS) is 2. The number of alkyl halides is 3. The Kier molecular flexibility index (Phi) is 14.6. The summed E-state index contributed by atoms with van der Waals surface area (Å²) in [4.78, 5) is 56.5. The normalized spacial score (nSPS) is 11.2. The summed E-state index contributed by atoms with van der Waals surface area (Å²) >= 11 is 0. The van der Waals surface area contributed by atoms with Gasteiger partial charge in [0.2, 0.25) is 11.8 Å². The third-order valence-corrected chi connectivity index (χ3v) is 5.89. The number of carboxylic acids is 2. The molecule has 0 aliphatic rings. The third kappa shape index (κ3) is 14.6. The highest BCUT2D eigenvalue weighted by molar-refractivity contribution is 5.85. The molecule has 0 spiro atoms. The number of amides is 3. The minimum absolute atomic E-state index is 0.103. The van der Waals surface area contributed by atoms with Crippen LogP contribution < -0.4 is 16.0 Å². The average Bonchev–Trinajstić information content (AvgIpc) is 3.01. The molecule has 11 nitrogen and oxygen atoms in total. The fourth-order valence-electron chi connectivity index (χ4n) is 3.69. The SMILES string of the molecule is O=C(O)C(F)(F)F.O=C(O)CC(NC(=O)CNC(=O)CCCNC(=O)OCc1ccccc1)c1ccc(-c2ccccc2)cc1. The van der Waals surface area contributed by atoms with Gasteiger partial charge in [0.15, 0.2) is 0 Å². The number of benzene rings is 3. The number of hydrogen-bond acceptors (Lipinski definition) is 6. The molecule has 3 aromatic rings. The highest BCUT2D eigenvalue weighted by Crippen LogP contribution is 2.23. The van der Waals surface area contributed by atoms with Gasteiger partial charge in [0.1, 0.15) is 6.61 Å². The Morgan fingerprint density at radius 3 is 1.87 bits per heavy atom. The van der Waals surface area contributed by atoms with Gasteiger partial charge >= 0.3 is 24.2 Å². The number of alkyl carbamates (subject to hydrolysis) is 1. The summed E-state index contributed by atoms with van der Waals surface area (Å²) in [5.74, 6) is -4.67. The van der Waals surface area contributed by atoms with Crippen LogP contribution in [-0.4, -0.2) is 59.3 Å². The van der Waals surface area contributed by atoms with E-state index in [1.165, 1.54) is 0 Å². The van der Waals surface area contributed by atoms with Gasteiger partial charge in [-0.1, -0.05) is 84.9 Å². The zero-order valence-electron chi connectivity index (χ0n) is 23.9. The van der Waals surface area contributed by atoms with Crippen molar-refractivity contribution in [3.05, 3.63) is 96.1 Å². The third-order valence-electron chi connectivity index (χ3n) is 5.89. The minimum atomic E-state index is -5.08. The number of ether oxygens (including phenoxy) is 1. The molecule has 0 radical (unpaired) electrons. The Bertz CT molecular complexity index is 1400. The number of halogens is 3. The van der Waals surface area contributed by atoms with Gasteiger partial charge in [-0.05, 0) is 28.7 Å². The first-order chi connectivity index (χ1) is 21.3. The predicted octanol–water partition coefficient (Wildman–Crippen LogP) is 4.44. The number of nitrogens with one attached hydrogen (secondary N) is 3. The molecule has 3 amide bonds. The van der Waals surface area contributed by atoms with E-state index in [2.05, 4.69) is 16.0 Å². The Hall–Kier alpha value is -5.40. The van der Waals surface area contributed by atoms with E-state index >= 15 is 0 Å². The molecule has 0 saturated heterocycles. The molecule has 240 valence electrons. The van der Waals surface area contributed by atoms with Crippen molar-refractivity contribution in [1.82, 2.24) is 16.0 Å². The maximum atomic E-state index is 12.4. The molecule has 5 N–H and O–H groups in total. The van der Waals surface area contributed by atoms with Crippen molar-refractivity contribution in [1.29, 1.82) is 0 Å². The van der Waals surface area contributed by atoms with Crippen molar-refractivity contribution in [3.8, 4) is 11.1 Å². The van der Waals surface area contributed by atoms with Crippen molar-refractivity contribution in [2.24, 2.45) is 0 Å². The van der Waals surface area contributed by atoms with Gasteiger partial charge in [-0.15, -0.1) is 0 Å². The van der Waals surface area contributed by atoms with Crippen molar-refractivity contribution < 1.29 is 52.1 Å². The monoisotopic (exact) mass is 631 g/mol. The van der Waals surface area contributed by atoms with E-state index < -0.39 is 36.2 Å². The van der Waals surface area contributed by atoms with E-state index in [1.54, 1.807) is 12.1 Å².